The summed E-state index contributed by atoms with van der Waals surface area (Å²) >= 11 is 0. The van der Waals surface area contributed by atoms with Gasteiger partial charge in [-0.3, -0.25) is 9.59 Å². The predicted octanol–water partition coefficient (Wildman–Crippen LogP) is 2.88. The van der Waals surface area contributed by atoms with Crippen LogP contribution in [0.1, 0.15) is 19.4 Å². The molecule has 1 aliphatic heterocycles. The summed E-state index contributed by atoms with van der Waals surface area (Å²) in [5.74, 6) is -4.52. The molecule has 1 atom stereocenters. The van der Waals surface area contributed by atoms with E-state index in [-0.39, 0.29) is 5.69 Å². The highest BCUT2D eigenvalue weighted by Crippen LogP contribution is 2.50. The van der Waals surface area contributed by atoms with E-state index in [2.05, 4.69) is 0 Å². The van der Waals surface area contributed by atoms with Gasteiger partial charge in [0.25, 0.3) is 5.91 Å². The average Bonchev–Trinajstić information content (AvgIpc) is 2.67. The summed E-state index contributed by atoms with van der Waals surface area (Å²) in [5, 5.41) is 0.883. The van der Waals surface area contributed by atoms with E-state index in [1.54, 1.807) is 0 Å². The number of para-hydroxylation sites is 1. The van der Waals surface area contributed by atoms with Crippen molar-refractivity contribution >= 4 is 17.5 Å². The molecule has 4 nitrogen and oxygen atoms in total. The SMILES string of the molecule is CC(C)N1C(=O)C(NC(=O)C(F)(F)F)(C(F)(F)F)c2ccccc21. The van der Waals surface area contributed by atoms with Crippen LogP contribution in [-0.4, -0.2) is 30.2 Å². The molecule has 1 aliphatic rings. The summed E-state index contributed by atoms with van der Waals surface area (Å²) in [7, 11) is 0. The van der Waals surface area contributed by atoms with Crippen molar-refractivity contribution in [1.82, 2.24) is 5.32 Å². The number of halogens is 6. The lowest BCUT2D eigenvalue weighted by molar-refractivity contribution is -0.211. The lowest BCUT2D eigenvalue weighted by atomic mass is 9.90. The lowest BCUT2D eigenvalue weighted by Gasteiger charge is -2.32. The quantitative estimate of drug-likeness (QED) is 0.831. The molecule has 0 bridgehead atoms. The number of alkyl halides is 6. The van der Waals surface area contributed by atoms with Gasteiger partial charge in [0.2, 0.25) is 5.54 Å². The Morgan fingerprint density at radius 1 is 1.12 bits per heavy atom. The molecule has 1 aromatic rings. The second kappa shape index (κ2) is 5.38. The van der Waals surface area contributed by atoms with Gasteiger partial charge in [-0.25, -0.2) is 0 Å². The fourth-order valence-electron chi connectivity index (χ4n) is 2.63. The van der Waals surface area contributed by atoms with Crippen molar-refractivity contribution in [2.75, 3.05) is 4.90 Å². The highest BCUT2D eigenvalue weighted by Gasteiger charge is 2.69. The van der Waals surface area contributed by atoms with E-state index in [0.29, 0.717) is 0 Å². The summed E-state index contributed by atoms with van der Waals surface area (Å²) in [6.07, 6.45) is -11.0. The molecule has 0 aliphatic carbocycles. The maximum absolute atomic E-state index is 13.7. The van der Waals surface area contributed by atoms with Crippen LogP contribution in [0.5, 0.6) is 0 Å². The van der Waals surface area contributed by atoms with Crippen molar-refractivity contribution in [3.05, 3.63) is 29.8 Å². The van der Waals surface area contributed by atoms with Gasteiger partial charge >= 0.3 is 18.3 Å². The molecule has 1 heterocycles. The molecule has 132 valence electrons. The third-order valence-electron chi connectivity index (χ3n) is 3.61. The van der Waals surface area contributed by atoms with Crippen LogP contribution < -0.4 is 10.2 Å². The van der Waals surface area contributed by atoms with Crippen LogP contribution in [0.3, 0.4) is 0 Å². The number of benzene rings is 1. The number of fused-ring (bicyclic) bond motifs is 1. The van der Waals surface area contributed by atoms with E-state index in [1.807, 2.05) is 0 Å². The Bertz CT molecular complexity index is 683. The maximum Gasteiger partial charge on any atom is 0.471 e. The third-order valence-corrected chi connectivity index (χ3v) is 3.61. The minimum Gasteiger partial charge on any atom is -0.323 e. The topological polar surface area (TPSA) is 49.4 Å². The first-order chi connectivity index (χ1) is 10.8. The van der Waals surface area contributed by atoms with Crippen LogP contribution in [0, 0.1) is 0 Å². The zero-order valence-corrected chi connectivity index (χ0v) is 12.4. The number of amides is 2. The Labute approximate surface area is 132 Å². The molecular weight excluding hydrogens is 342 g/mol. The lowest BCUT2D eigenvalue weighted by Crippen LogP contribution is -2.64. The molecular formula is C14H12F6N2O2. The molecule has 2 rings (SSSR count). The highest BCUT2D eigenvalue weighted by atomic mass is 19.4. The van der Waals surface area contributed by atoms with Gasteiger partial charge in [-0.15, -0.1) is 0 Å². The van der Waals surface area contributed by atoms with Crippen molar-refractivity contribution in [2.45, 2.75) is 37.8 Å². The summed E-state index contributed by atoms with van der Waals surface area (Å²) in [5.41, 5.74) is -4.72. The standard InChI is InChI=1S/C14H12F6N2O2/c1-7(2)22-9-6-4-3-5-8(9)12(11(22)24,14(18,19)20)21-10(23)13(15,16)17/h3-7H,1-2H3,(H,21,23). The van der Waals surface area contributed by atoms with Crippen LogP contribution in [0.15, 0.2) is 24.3 Å². The number of nitrogens with zero attached hydrogens (tertiary/aromatic N) is 1. The number of hydrogen-bond acceptors (Lipinski definition) is 2. The molecule has 2 amide bonds. The van der Waals surface area contributed by atoms with E-state index in [1.165, 1.54) is 26.0 Å². The summed E-state index contributed by atoms with van der Waals surface area (Å²) in [4.78, 5) is 24.4. The molecule has 0 aromatic heterocycles. The van der Waals surface area contributed by atoms with E-state index < -0.39 is 41.3 Å². The Morgan fingerprint density at radius 3 is 2.12 bits per heavy atom. The van der Waals surface area contributed by atoms with Gasteiger partial charge < -0.3 is 10.2 Å². The highest BCUT2D eigenvalue weighted by molar-refractivity contribution is 6.10. The molecule has 0 spiro atoms. The zero-order valence-electron chi connectivity index (χ0n) is 12.4. The van der Waals surface area contributed by atoms with Crippen LogP contribution in [0.25, 0.3) is 0 Å². The molecule has 1 N–H and O–H groups in total. The third kappa shape index (κ3) is 2.49. The monoisotopic (exact) mass is 354 g/mol. The second-order valence-electron chi connectivity index (χ2n) is 5.49. The predicted molar refractivity (Wildman–Crippen MR) is 71.0 cm³/mol. The van der Waals surface area contributed by atoms with Gasteiger partial charge in [-0.2, -0.15) is 26.3 Å². The molecule has 1 unspecified atom stereocenters. The number of anilines is 1. The van der Waals surface area contributed by atoms with E-state index in [4.69, 9.17) is 0 Å². The Hall–Kier alpha value is -2.26. The van der Waals surface area contributed by atoms with Crippen molar-refractivity contribution in [1.29, 1.82) is 0 Å². The molecule has 24 heavy (non-hydrogen) atoms. The van der Waals surface area contributed by atoms with E-state index >= 15 is 0 Å². The van der Waals surface area contributed by atoms with E-state index in [0.717, 1.165) is 22.3 Å². The molecule has 0 fully saturated rings. The van der Waals surface area contributed by atoms with Crippen LogP contribution >= 0.6 is 0 Å². The minimum atomic E-state index is -5.57. The van der Waals surface area contributed by atoms with Crippen molar-refractivity contribution < 1.29 is 35.9 Å². The number of nitrogens with one attached hydrogen (secondary N) is 1. The second-order valence-corrected chi connectivity index (χ2v) is 5.49. The minimum absolute atomic E-state index is 0.197. The maximum atomic E-state index is 13.7. The van der Waals surface area contributed by atoms with Crippen LogP contribution in [-0.2, 0) is 15.1 Å². The zero-order chi connectivity index (χ0) is 18.5. The largest absolute Gasteiger partial charge is 0.471 e. The first-order valence-electron chi connectivity index (χ1n) is 6.73. The number of rotatable bonds is 2. The normalized spacial score (nSPS) is 21.2. The Kier molecular flexibility index (Phi) is 4.06. The number of carbonyl (C=O) groups is 2. The fraction of sp³-hybridized carbons (Fsp3) is 0.429. The van der Waals surface area contributed by atoms with Gasteiger partial charge in [-0.1, -0.05) is 18.2 Å². The van der Waals surface area contributed by atoms with Crippen LogP contribution in [0.4, 0.5) is 32.0 Å². The smallest absolute Gasteiger partial charge is 0.323 e. The summed E-state index contributed by atoms with van der Waals surface area (Å²) in [6, 6.07) is 3.79. The molecule has 0 saturated heterocycles. The Balaban J connectivity index is 2.72. The van der Waals surface area contributed by atoms with Gasteiger partial charge in [-0.05, 0) is 19.9 Å². The van der Waals surface area contributed by atoms with Crippen LogP contribution in [0.2, 0.25) is 0 Å². The number of hydrogen-bond donors (Lipinski definition) is 1. The molecule has 0 saturated carbocycles. The van der Waals surface area contributed by atoms with Gasteiger partial charge in [0.15, 0.2) is 0 Å². The van der Waals surface area contributed by atoms with E-state index in [9.17, 15) is 35.9 Å². The first kappa shape index (κ1) is 18.1. The summed E-state index contributed by atoms with van der Waals surface area (Å²) < 4.78 is 78.6. The Morgan fingerprint density at radius 2 is 1.67 bits per heavy atom. The first-order valence-corrected chi connectivity index (χ1v) is 6.73. The number of carbonyl (C=O) groups excluding carboxylic acids is 2. The van der Waals surface area contributed by atoms with Crippen molar-refractivity contribution in [2.24, 2.45) is 0 Å². The molecule has 10 heteroatoms. The van der Waals surface area contributed by atoms with Gasteiger partial charge in [0.05, 0.1) is 5.69 Å². The fourth-order valence-corrected chi connectivity index (χ4v) is 2.63. The summed E-state index contributed by atoms with van der Waals surface area (Å²) in [6.45, 7) is 2.82. The van der Waals surface area contributed by atoms with Gasteiger partial charge in [0, 0.05) is 11.6 Å². The average molecular weight is 354 g/mol. The molecule has 0 radical (unpaired) electrons. The van der Waals surface area contributed by atoms with Crippen molar-refractivity contribution in [3.8, 4) is 0 Å². The van der Waals surface area contributed by atoms with Gasteiger partial charge in [0.1, 0.15) is 0 Å². The molecule has 1 aromatic carbocycles. The van der Waals surface area contributed by atoms with Crippen molar-refractivity contribution in [3.63, 3.8) is 0 Å².